The fourth-order valence-corrected chi connectivity index (χ4v) is 2.57. The number of carboxylic acids is 1. The van der Waals surface area contributed by atoms with Crippen molar-refractivity contribution in [3.63, 3.8) is 0 Å². The predicted octanol–water partition coefficient (Wildman–Crippen LogP) is 0.772. The number of hydrogen-bond donors (Lipinski definition) is 2. The summed E-state index contributed by atoms with van der Waals surface area (Å²) in [5, 5.41) is 12.0. The summed E-state index contributed by atoms with van der Waals surface area (Å²) >= 11 is 0. The third kappa shape index (κ3) is 5.63. The number of unbranched alkanes of at least 4 members (excludes halogenated alkanes) is 2. The summed E-state index contributed by atoms with van der Waals surface area (Å²) in [7, 11) is 0. The van der Waals surface area contributed by atoms with E-state index in [0.717, 1.165) is 38.9 Å². The SMILES string of the molecule is CCCCCNC(=O)C(C)N1CCN(C(C)C(=O)O)CC1. The second-order valence-corrected chi connectivity index (χ2v) is 5.76. The van der Waals surface area contributed by atoms with E-state index in [1.54, 1.807) is 6.92 Å². The minimum Gasteiger partial charge on any atom is -0.480 e. The Hall–Kier alpha value is -1.14. The van der Waals surface area contributed by atoms with E-state index in [9.17, 15) is 9.59 Å². The fourth-order valence-electron chi connectivity index (χ4n) is 2.57. The van der Waals surface area contributed by atoms with Crippen LogP contribution in [0.4, 0.5) is 0 Å². The molecule has 0 aliphatic carbocycles. The van der Waals surface area contributed by atoms with Gasteiger partial charge in [0.15, 0.2) is 0 Å². The minimum atomic E-state index is -0.787. The highest BCUT2D eigenvalue weighted by Crippen LogP contribution is 2.09. The van der Waals surface area contributed by atoms with Crippen molar-refractivity contribution < 1.29 is 14.7 Å². The van der Waals surface area contributed by atoms with Gasteiger partial charge < -0.3 is 10.4 Å². The molecule has 21 heavy (non-hydrogen) atoms. The average molecular weight is 299 g/mol. The molecule has 6 nitrogen and oxygen atoms in total. The second-order valence-electron chi connectivity index (χ2n) is 5.76. The maximum atomic E-state index is 12.1. The van der Waals surface area contributed by atoms with Crippen LogP contribution in [0.3, 0.4) is 0 Å². The molecule has 0 spiro atoms. The molecule has 0 radical (unpaired) electrons. The molecule has 1 aliphatic heterocycles. The molecule has 1 fully saturated rings. The van der Waals surface area contributed by atoms with Gasteiger partial charge in [-0.3, -0.25) is 19.4 Å². The summed E-state index contributed by atoms with van der Waals surface area (Å²) in [6.07, 6.45) is 3.31. The van der Waals surface area contributed by atoms with Gasteiger partial charge in [0, 0.05) is 32.7 Å². The first-order valence-corrected chi connectivity index (χ1v) is 7.96. The molecular formula is C15H29N3O3. The summed E-state index contributed by atoms with van der Waals surface area (Å²) in [5.74, 6) is -0.712. The topological polar surface area (TPSA) is 72.9 Å². The highest BCUT2D eigenvalue weighted by atomic mass is 16.4. The molecule has 1 heterocycles. The second kappa shape index (κ2) is 9.00. The van der Waals surface area contributed by atoms with Crippen LogP contribution in [0.5, 0.6) is 0 Å². The molecule has 0 aromatic heterocycles. The Morgan fingerprint density at radius 2 is 1.57 bits per heavy atom. The van der Waals surface area contributed by atoms with Crippen molar-refractivity contribution in [1.82, 2.24) is 15.1 Å². The van der Waals surface area contributed by atoms with Gasteiger partial charge in [-0.2, -0.15) is 0 Å². The zero-order valence-corrected chi connectivity index (χ0v) is 13.5. The van der Waals surface area contributed by atoms with Crippen LogP contribution in [0.15, 0.2) is 0 Å². The Balaban J connectivity index is 2.32. The van der Waals surface area contributed by atoms with Gasteiger partial charge in [0.1, 0.15) is 6.04 Å². The molecular weight excluding hydrogens is 270 g/mol. The lowest BCUT2D eigenvalue weighted by molar-refractivity contribution is -0.144. The molecule has 2 N–H and O–H groups in total. The van der Waals surface area contributed by atoms with E-state index in [1.807, 2.05) is 11.8 Å². The number of rotatable bonds is 8. The summed E-state index contributed by atoms with van der Waals surface area (Å²) in [4.78, 5) is 27.1. The van der Waals surface area contributed by atoms with E-state index < -0.39 is 12.0 Å². The van der Waals surface area contributed by atoms with Crippen molar-refractivity contribution in [2.75, 3.05) is 32.7 Å². The summed E-state index contributed by atoms with van der Waals surface area (Å²) in [6, 6.07) is -0.598. The number of hydrogen-bond acceptors (Lipinski definition) is 4. The number of nitrogens with one attached hydrogen (secondary N) is 1. The quantitative estimate of drug-likeness (QED) is 0.648. The monoisotopic (exact) mass is 299 g/mol. The highest BCUT2D eigenvalue weighted by molar-refractivity contribution is 5.81. The molecule has 1 aliphatic rings. The van der Waals surface area contributed by atoms with E-state index >= 15 is 0 Å². The van der Waals surface area contributed by atoms with Crippen LogP contribution >= 0.6 is 0 Å². The van der Waals surface area contributed by atoms with Crippen LogP contribution in [-0.2, 0) is 9.59 Å². The van der Waals surface area contributed by atoms with Gasteiger partial charge in [0.2, 0.25) is 5.91 Å². The van der Waals surface area contributed by atoms with Gasteiger partial charge in [-0.25, -0.2) is 0 Å². The third-order valence-corrected chi connectivity index (χ3v) is 4.26. The molecule has 0 aromatic carbocycles. The molecule has 6 heteroatoms. The molecule has 1 saturated heterocycles. The number of carbonyl (C=O) groups is 2. The van der Waals surface area contributed by atoms with E-state index in [2.05, 4.69) is 17.1 Å². The average Bonchev–Trinajstić information content (AvgIpc) is 2.50. The van der Waals surface area contributed by atoms with Crippen LogP contribution < -0.4 is 5.32 Å². The number of amides is 1. The van der Waals surface area contributed by atoms with Gasteiger partial charge in [-0.1, -0.05) is 19.8 Å². The Morgan fingerprint density at radius 3 is 2.05 bits per heavy atom. The van der Waals surface area contributed by atoms with Crippen LogP contribution in [-0.4, -0.2) is 71.6 Å². The third-order valence-electron chi connectivity index (χ3n) is 4.26. The fraction of sp³-hybridized carbons (Fsp3) is 0.867. The summed E-state index contributed by atoms with van der Waals surface area (Å²) in [6.45, 7) is 9.38. The van der Waals surface area contributed by atoms with Crippen molar-refractivity contribution in [2.45, 2.75) is 52.1 Å². The summed E-state index contributed by atoms with van der Waals surface area (Å²) < 4.78 is 0. The Bertz CT molecular complexity index is 341. The number of piperazine rings is 1. The van der Waals surface area contributed by atoms with E-state index in [0.29, 0.717) is 13.1 Å². The first-order chi connectivity index (χ1) is 9.97. The molecule has 2 unspecified atom stereocenters. The highest BCUT2D eigenvalue weighted by Gasteiger charge is 2.29. The molecule has 1 rings (SSSR count). The van der Waals surface area contributed by atoms with Crippen molar-refractivity contribution in [2.24, 2.45) is 0 Å². The first-order valence-electron chi connectivity index (χ1n) is 7.96. The largest absolute Gasteiger partial charge is 0.480 e. The molecule has 1 amide bonds. The normalized spacial score (nSPS) is 20.0. The van der Waals surface area contributed by atoms with E-state index in [1.165, 1.54) is 0 Å². The Morgan fingerprint density at radius 1 is 1.05 bits per heavy atom. The van der Waals surface area contributed by atoms with Gasteiger partial charge in [-0.15, -0.1) is 0 Å². The van der Waals surface area contributed by atoms with Gasteiger partial charge in [0.25, 0.3) is 0 Å². The van der Waals surface area contributed by atoms with E-state index in [-0.39, 0.29) is 11.9 Å². The van der Waals surface area contributed by atoms with Crippen LogP contribution in [0.1, 0.15) is 40.0 Å². The minimum absolute atomic E-state index is 0.0748. The number of aliphatic carboxylic acids is 1. The Labute approximate surface area is 127 Å². The lowest BCUT2D eigenvalue weighted by Crippen LogP contribution is -2.56. The van der Waals surface area contributed by atoms with Crippen molar-refractivity contribution in [3.8, 4) is 0 Å². The van der Waals surface area contributed by atoms with Gasteiger partial charge in [-0.05, 0) is 20.3 Å². The maximum absolute atomic E-state index is 12.1. The van der Waals surface area contributed by atoms with Crippen molar-refractivity contribution in [3.05, 3.63) is 0 Å². The van der Waals surface area contributed by atoms with Crippen LogP contribution in [0, 0.1) is 0 Å². The van der Waals surface area contributed by atoms with Crippen LogP contribution in [0.25, 0.3) is 0 Å². The number of carboxylic acid groups (broad SMARTS) is 1. The van der Waals surface area contributed by atoms with Crippen molar-refractivity contribution in [1.29, 1.82) is 0 Å². The molecule has 0 aromatic rings. The zero-order chi connectivity index (χ0) is 15.8. The standard InChI is InChI=1S/C15H29N3O3/c1-4-5-6-7-16-14(19)12(2)17-8-10-18(11-9-17)13(3)15(20)21/h12-13H,4-11H2,1-3H3,(H,16,19)(H,20,21). The molecule has 0 saturated carbocycles. The Kier molecular flexibility index (Phi) is 7.67. The number of nitrogens with zero attached hydrogens (tertiary/aromatic N) is 2. The van der Waals surface area contributed by atoms with Gasteiger partial charge >= 0.3 is 5.97 Å². The van der Waals surface area contributed by atoms with E-state index in [4.69, 9.17) is 5.11 Å². The molecule has 122 valence electrons. The molecule has 0 bridgehead atoms. The maximum Gasteiger partial charge on any atom is 0.320 e. The van der Waals surface area contributed by atoms with Crippen molar-refractivity contribution >= 4 is 11.9 Å². The predicted molar refractivity (Wildman–Crippen MR) is 82.2 cm³/mol. The zero-order valence-electron chi connectivity index (χ0n) is 13.5. The summed E-state index contributed by atoms with van der Waals surface area (Å²) in [5.41, 5.74) is 0. The smallest absolute Gasteiger partial charge is 0.320 e. The first kappa shape index (κ1) is 17.9. The van der Waals surface area contributed by atoms with Gasteiger partial charge in [0.05, 0.1) is 6.04 Å². The lowest BCUT2D eigenvalue weighted by Gasteiger charge is -2.38. The number of carbonyl (C=O) groups excluding carboxylic acids is 1. The van der Waals surface area contributed by atoms with Crippen LogP contribution in [0.2, 0.25) is 0 Å². The lowest BCUT2D eigenvalue weighted by atomic mass is 10.1. The molecule has 2 atom stereocenters.